The maximum atomic E-state index is 6.57. The van der Waals surface area contributed by atoms with Crippen molar-refractivity contribution in [1.29, 1.82) is 0 Å². The summed E-state index contributed by atoms with van der Waals surface area (Å²) in [6.07, 6.45) is 4.25. The Bertz CT molecular complexity index is 561. The maximum Gasteiger partial charge on any atom is 0.161 e. The van der Waals surface area contributed by atoms with E-state index in [0.717, 1.165) is 43.7 Å². The van der Waals surface area contributed by atoms with Gasteiger partial charge in [0.1, 0.15) is 6.04 Å². The zero-order valence-corrected chi connectivity index (χ0v) is 13.8. The Morgan fingerprint density at radius 2 is 1.91 bits per heavy atom. The highest BCUT2D eigenvalue weighted by atomic mass is 16.5. The Labute approximate surface area is 132 Å². The number of fused-ring (bicyclic) bond motifs is 1. The van der Waals surface area contributed by atoms with Crippen LogP contribution in [0.1, 0.15) is 31.2 Å². The fraction of sp³-hybridized carbons (Fsp3) is 0.647. The van der Waals surface area contributed by atoms with Gasteiger partial charge in [-0.15, -0.1) is 0 Å². The molecule has 2 aliphatic rings. The molecule has 4 atom stereocenters. The summed E-state index contributed by atoms with van der Waals surface area (Å²) in [5.41, 5.74) is 7.66. The van der Waals surface area contributed by atoms with E-state index >= 15 is 0 Å². The van der Waals surface area contributed by atoms with Crippen LogP contribution in [0.4, 0.5) is 0 Å². The summed E-state index contributed by atoms with van der Waals surface area (Å²) in [7, 11) is 5.48. The number of hydrogen-bond donors (Lipinski definition) is 2. The Hall–Kier alpha value is -1.30. The largest absolute Gasteiger partial charge is 0.493 e. The maximum absolute atomic E-state index is 6.57. The molecule has 4 N–H and O–H groups in total. The second-order valence-electron chi connectivity index (χ2n) is 7.10. The smallest absolute Gasteiger partial charge is 0.161 e. The molecule has 5 nitrogen and oxygen atoms in total. The van der Waals surface area contributed by atoms with E-state index in [1.54, 1.807) is 14.2 Å². The van der Waals surface area contributed by atoms with Gasteiger partial charge in [-0.3, -0.25) is 0 Å². The van der Waals surface area contributed by atoms with E-state index in [1.807, 2.05) is 6.07 Å². The molecule has 1 saturated heterocycles. The van der Waals surface area contributed by atoms with Gasteiger partial charge in [0, 0.05) is 18.9 Å². The summed E-state index contributed by atoms with van der Waals surface area (Å²) in [6.45, 7) is 0.992. The molecule has 0 aromatic heterocycles. The number of quaternary nitrogens is 1. The first-order valence-corrected chi connectivity index (χ1v) is 8.05. The van der Waals surface area contributed by atoms with Crippen molar-refractivity contribution in [1.82, 2.24) is 0 Å². The molecule has 0 amide bonds. The van der Waals surface area contributed by atoms with E-state index in [2.05, 4.69) is 19.2 Å². The average Bonchev–Trinajstić information content (AvgIpc) is 2.79. The summed E-state index contributed by atoms with van der Waals surface area (Å²) in [6, 6.07) is 6.95. The SMILES string of the molecule is COc1ccc([C@@]23CC[C@H](N)C[C@H]2[N+](C)(N)CC3)cc1OC. The van der Waals surface area contributed by atoms with Crippen LogP contribution in [0.25, 0.3) is 0 Å². The van der Waals surface area contributed by atoms with Crippen molar-refractivity contribution >= 4 is 0 Å². The zero-order valence-electron chi connectivity index (χ0n) is 13.8. The third-order valence-corrected chi connectivity index (χ3v) is 5.84. The van der Waals surface area contributed by atoms with Gasteiger partial charge in [0.25, 0.3) is 0 Å². The van der Waals surface area contributed by atoms with Gasteiger partial charge in [-0.1, -0.05) is 6.07 Å². The van der Waals surface area contributed by atoms with Crippen LogP contribution in [-0.4, -0.2) is 44.5 Å². The molecule has 3 rings (SSSR count). The van der Waals surface area contributed by atoms with Gasteiger partial charge in [0.05, 0.1) is 33.2 Å². The van der Waals surface area contributed by atoms with Crippen LogP contribution in [0, 0.1) is 0 Å². The highest BCUT2D eigenvalue weighted by Crippen LogP contribution is 2.51. The number of ether oxygens (including phenoxy) is 2. The minimum absolute atomic E-state index is 0.110. The Balaban J connectivity index is 2.05. The molecular weight excluding hydrogens is 278 g/mol. The van der Waals surface area contributed by atoms with Gasteiger partial charge >= 0.3 is 0 Å². The van der Waals surface area contributed by atoms with E-state index < -0.39 is 0 Å². The molecular formula is C17H28N3O2+. The highest BCUT2D eigenvalue weighted by Gasteiger charge is 2.58. The van der Waals surface area contributed by atoms with Crippen molar-refractivity contribution in [3.63, 3.8) is 0 Å². The lowest BCUT2D eigenvalue weighted by Gasteiger charge is -2.44. The first kappa shape index (κ1) is 15.6. The van der Waals surface area contributed by atoms with Crippen LogP contribution in [0.5, 0.6) is 11.5 Å². The molecule has 1 aromatic carbocycles. The van der Waals surface area contributed by atoms with Crippen LogP contribution >= 0.6 is 0 Å². The van der Waals surface area contributed by atoms with Gasteiger partial charge in [-0.2, -0.15) is 5.84 Å². The van der Waals surface area contributed by atoms with Crippen molar-refractivity contribution < 1.29 is 14.1 Å². The van der Waals surface area contributed by atoms with Crippen molar-refractivity contribution in [3.05, 3.63) is 23.8 Å². The minimum Gasteiger partial charge on any atom is -0.493 e. The summed E-state index contributed by atoms with van der Waals surface area (Å²) >= 11 is 0. The molecule has 1 unspecified atom stereocenters. The number of hydrogen-bond acceptors (Lipinski definition) is 4. The predicted octanol–water partition coefficient (Wildman–Crippen LogP) is 1.55. The number of methoxy groups -OCH3 is 2. The predicted molar refractivity (Wildman–Crippen MR) is 86.7 cm³/mol. The lowest BCUT2D eigenvalue weighted by atomic mass is 9.65. The molecule has 0 radical (unpaired) electrons. The van der Waals surface area contributed by atoms with Gasteiger partial charge in [-0.25, -0.2) is 4.59 Å². The van der Waals surface area contributed by atoms with E-state index in [0.29, 0.717) is 10.6 Å². The van der Waals surface area contributed by atoms with Crippen LogP contribution in [-0.2, 0) is 5.41 Å². The third kappa shape index (κ3) is 2.28. The topological polar surface area (TPSA) is 70.5 Å². The van der Waals surface area contributed by atoms with Crippen molar-refractivity contribution in [2.45, 2.75) is 43.2 Å². The minimum atomic E-state index is 0.110. The molecule has 1 heterocycles. The fourth-order valence-corrected chi connectivity index (χ4v) is 4.56. The van der Waals surface area contributed by atoms with Crippen molar-refractivity contribution in [3.8, 4) is 11.5 Å². The summed E-state index contributed by atoms with van der Waals surface area (Å²) in [5, 5.41) is 0. The Morgan fingerprint density at radius 1 is 1.18 bits per heavy atom. The number of benzene rings is 1. The van der Waals surface area contributed by atoms with Gasteiger partial charge in [-0.05, 0) is 30.5 Å². The molecule has 1 saturated carbocycles. The average molecular weight is 306 g/mol. The number of nitrogens with two attached hydrogens (primary N) is 2. The number of nitrogens with zero attached hydrogens (tertiary/aromatic N) is 1. The summed E-state index contributed by atoms with van der Waals surface area (Å²) in [4.78, 5) is 0. The molecule has 1 aromatic rings. The highest BCUT2D eigenvalue weighted by molar-refractivity contribution is 5.46. The Kier molecular flexibility index (Phi) is 3.83. The fourth-order valence-electron chi connectivity index (χ4n) is 4.56. The molecule has 122 valence electrons. The monoisotopic (exact) mass is 306 g/mol. The van der Waals surface area contributed by atoms with Crippen LogP contribution in [0.15, 0.2) is 18.2 Å². The second-order valence-corrected chi connectivity index (χ2v) is 7.10. The molecule has 22 heavy (non-hydrogen) atoms. The first-order valence-electron chi connectivity index (χ1n) is 8.05. The van der Waals surface area contributed by atoms with Gasteiger partial charge in [0.2, 0.25) is 0 Å². The number of rotatable bonds is 3. The van der Waals surface area contributed by atoms with E-state index in [1.165, 1.54) is 5.56 Å². The van der Waals surface area contributed by atoms with Crippen LogP contribution in [0.2, 0.25) is 0 Å². The summed E-state index contributed by atoms with van der Waals surface area (Å²) < 4.78 is 11.4. The van der Waals surface area contributed by atoms with Gasteiger partial charge < -0.3 is 15.2 Å². The van der Waals surface area contributed by atoms with Crippen LogP contribution in [0.3, 0.4) is 0 Å². The number of likely N-dealkylation sites (tertiary alicyclic amines) is 1. The standard InChI is InChI=1S/C17H28N3O2/c1-20(19)9-8-17(7-6-13(18)11-16(17)20)12-4-5-14(21-2)15(10-12)22-3/h4-5,10,13,16H,6-9,11,18-19H2,1-3H3/q+1/t13-,16+,17-,20?/m0/s1. The molecule has 1 aliphatic carbocycles. The quantitative estimate of drug-likeness (QED) is 0.656. The normalized spacial score (nSPS) is 37.7. The van der Waals surface area contributed by atoms with Gasteiger partial charge in [0.15, 0.2) is 11.5 Å². The molecule has 0 bridgehead atoms. The molecule has 1 aliphatic heterocycles. The second kappa shape index (κ2) is 5.41. The summed E-state index contributed by atoms with van der Waals surface area (Å²) in [5.74, 6) is 8.14. The lowest BCUT2D eigenvalue weighted by molar-refractivity contribution is -0.936. The lowest BCUT2D eigenvalue weighted by Crippen LogP contribution is -2.61. The van der Waals surface area contributed by atoms with Crippen molar-refractivity contribution in [2.24, 2.45) is 11.6 Å². The van der Waals surface area contributed by atoms with Crippen LogP contribution < -0.4 is 21.1 Å². The zero-order chi connectivity index (χ0) is 16.0. The molecule has 5 heteroatoms. The number of likely N-dealkylation sites (N-methyl/N-ethyl adjacent to an activating group) is 1. The third-order valence-electron chi connectivity index (χ3n) is 5.84. The molecule has 2 fully saturated rings. The van der Waals surface area contributed by atoms with E-state index in [4.69, 9.17) is 21.1 Å². The van der Waals surface area contributed by atoms with E-state index in [9.17, 15) is 0 Å². The van der Waals surface area contributed by atoms with E-state index in [-0.39, 0.29) is 11.5 Å². The Morgan fingerprint density at radius 3 is 2.59 bits per heavy atom. The van der Waals surface area contributed by atoms with Crippen molar-refractivity contribution in [2.75, 3.05) is 27.8 Å². The molecule has 0 spiro atoms. The first-order chi connectivity index (χ1) is 10.4.